The van der Waals surface area contributed by atoms with Gasteiger partial charge in [-0.05, 0) is 31.0 Å². The van der Waals surface area contributed by atoms with Gasteiger partial charge < -0.3 is 20.1 Å². The highest BCUT2D eigenvalue weighted by Gasteiger charge is 2.28. The summed E-state index contributed by atoms with van der Waals surface area (Å²) < 4.78 is 5.09. The van der Waals surface area contributed by atoms with E-state index < -0.39 is 12.6 Å². The maximum absolute atomic E-state index is 12.6. The number of carboxylic acids is 1. The largest absolute Gasteiger partial charge is 0.482 e. The molecular formula is C16H20N2O5. The first-order valence-corrected chi connectivity index (χ1v) is 7.46. The lowest BCUT2D eigenvalue weighted by Crippen LogP contribution is -2.44. The summed E-state index contributed by atoms with van der Waals surface area (Å²) in [6, 6.07) is 6.42. The fourth-order valence-corrected chi connectivity index (χ4v) is 2.63. The van der Waals surface area contributed by atoms with Crippen LogP contribution in [0.3, 0.4) is 0 Å². The number of carbonyl (C=O) groups excluding carboxylic acids is 2. The smallest absolute Gasteiger partial charge is 0.341 e. The second kappa shape index (κ2) is 7.62. The zero-order chi connectivity index (χ0) is 16.8. The Morgan fingerprint density at radius 1 is 1.39 bits per heavy atom. The van der Waals surface area contributed by atoms with Gasteiger partial charge in [0, 0.05) is 25.7 Å². The molecule has 0 radical (unpaired) electrons. The van der Waals surface area contributed by atoms with E-state index in [0.29, 0.717) is 24.4 Å². The van der Waals surface area contributed by atoms with Gasteiger partial charge in [-0.25, -0.2) is 4.79 Å². The van der Waals surface area contributed by atoms with Crippen molar-refractivity contribution in [2.24, 2.45) is 5.92 Å². The van der Waals surface area contributed by atoms with Crippen LogP contribution in [0.4, 0.5) is 0 Å². The van der Waals surface area contributed by atoms with E-state index in [-0.39, 0.29) is 17.7 Å². The van der Waals surface area contributed by atoms with Crippen molar-refractivity contribution in [1.29, 1.82) is 0 Å². The van der Waals surface area contributed by atoms with Gasteiger partial charge in [0.05, 0.1) is 5.92 Å². The average Bonchev–Trinajstić information content (AvgIpc) is 2.59. The van der Waals surface area contributed by atoms with Crippen LogP contribution >= 0.6 is 0 Å². The Balaban J connectivity index is 2.06. The van der Waals surface area contributed by atoms with Crippen LogP contribution in [0.5, 0.6) is 5.75 Å². The minimum absolute atomic E-state index is 0.0546. The number of rotatable bonds is 5. The van der Waals surface area contributed by atoms with Crippen LogP contribution in [0.1, 0.15) is 23.2 Å². The molecule has 1 atom stereocenters. The van der Waals surface area contributed by atoms with Crippen molar-refractivity contribution < 1.29 is 24.2 Å². The number of ether oxygens (including phenoxy) is 1. The van der Waals surface area contributed by atoms with E-state index in [1.165, 1.54) is 6.07 Å². The Kier molecular flexibility index (Phi) is 5.56. The van der Waals surface area contributed by atoms with Gasteiger partial charge in [-0.2, -0.15) is 0 Å². The quantitative estimate of drug-likeness (QED) is 0.834. The van der Waals surface area contributed by atoms with E-state index in [1.807, 2.05) is 0 Å². The second-order valence-corrected chi connectivity index (χ2v) is 5.41. The maximum atomic E-state index is 12.6. The van der Waals surface area contributed by atoms with Gasteiger partial charge in [-0.15, -0.1) is 0 Å². The minimum Gasteiger partial charge on any atom is -0.482 e. The molecule has 1 saturated heterocycles. The number of aliphatic carboxylic acids is 1. The number of carbonyl (C=O) groups is 3. The average molecular weight is 320 g/mol. The lowest BCUT2D eigenvalue weighted by molar-refractivity contribution is -0.139. The first-order valence-electron chi connectivity index (χ1n) is 7.46. The summed E-state index contributed by atoms with van der Waals surface area (Å²) >= 11 is 0. The molecule has 1 heterocycles. The van der Waals surface area contributed by atoms with Crippen LogP contribution in [0, 0.1) is 5.92 Å². The molecule has 2 rings (SSSR count). The van der Waals surface area contributed by atoms with Crippen LogP contribution in [0.25, 0.3) is 0 Å². The predicted molar refractivity (Wildman–Crippen MR) is 82.3 cm³/mol. The number of benzene rings is 1. The summed E-state index contributed by atoms with van der Waals surface area (Å²) in [6.45, 7) is 0.533. The zero-order valence-electron chi connectivity index (χ0n) is 12.9. The lowest BCUT2D eigenvalue weighted by atomic mass is 9.96. The van der Waals surface area contributed by atoms with Gasteiger partial charge in [-0.3, -0.25) is 9.59 Å². The van der Waals surface area contributed by atoms with Crippen molar-refractivity contribution in [3.8, 4) is 5.75 Å². The van der Waals surface area contributed by atoms with Gasteiger partial charge in [0.2, 0.25) is 5.91 Å². The lowest BCUT2D eigenvalue weighted by Gasteiger charge is -2.32. The topological polar surface area (TPSA) is 95.9 Å². The Morgan fingerprint density at radius 2 is 2.17 bits per heavy atom. The highest BCUT2D eigenvalue weighted by atomic mass is 16.5. The highest BCUT2D eigenvalue weighted by Crippen LogP contribution is 2.20. The molecule has 0 spiro atoms. The van der Waals surface area contributed by atoms with Gasteiger partial charge in [0.15, 0.2) is 6.61 Å². The van der Waals surface area contributed by atoms with Gasteiger partial charge in [-0.1, -0.05) is 6.07 Å². The number of nitrogens with zero attached hydrogens (tertiary/aromatic N) is 1. The van der Waals surface area contributed by atoms with Crippen molar-refractivity contribution in [2.45, 2.75) is 12.8 Å². The van der Waals surface area contributed by atoms with Crippen molar-refractivity contribution in [1.82, 2.24) is 10.2 Å². The van der Waals surface area contributed by atoms with E-state index in [2.05, 4.69) is 5.32 Å². The summed E-state index contributed by atoms with van der Waals surface area (Å²) in [4.78, 5) is 36.5. The summed E-state index contributed by atoms with van der Waals surface area (Å²) in [5, 5.41) is 11.2. The van der Waals surface area contributed by atoms with E-state index in [0.717, 1.165) is 12.8 Å². The molecule has 124 valence electrons. The van der Waals surface area contributed by atoms with Crippen LogP contribution in [0.15, 0.2) is 24.3 Å². The number of hydrogen-bond donors (Lipinski definition) is 2. The van der Waals surface area contributed by atoms with Crippen LogP contribution < -0.4 is 10.1 Å². The highest BCUT2D eigenvalue weighted by molar-refractivity contribution is 5.95. The van der Waals surface area contributed by atoms with E-state index >= 15 is 0 Å². The fraction of sp³-hybridized carbons (Fsp3) is 0.438. The third-order valence-electron chi connectivity index (χ3n) is 3.77. The Labute approximate surface area is 134 Å². The van der Waals surface area contributed by atoms with Crippen molar-refractivity contribution in [3.05, 3.63) is 29.8 Å². The molecule has 1 fully saturated rings. The first-order chi connectivity index (χ1) is 11.0. The van der Waals surface area contributed by atoms with E-state index in [4.69, 9.17) is 9.84 Å². The number of hydrogen-bond acceptors (Lipinski definition) is 4. The molecule has 0 aliphatic carbocycles. The van der Waals surface area contributed by atoms with Crippen molar-refractivity contribution in [3.63, 3.8) is 0 Å². The Bertz CT molecular complexity index is 602. The SMILES string of the molecule is CNC(=O)C1CCCN(C(=O)c2cccc(OCC(=O)O)c2)C1. The summed E-state index contributed by atoms with van der Waals surface area (Å²) in [5.41, 5.74) is 0.422. The van der Waals surface area contributed by atoms with E-state index in [9.17, 15) is 14.4 Å². The normalized spacial score (nSPS) is 17.4. The molecule has 7 heteroatoms. The predicted octanol–water partition coefficient (Wildman–Crippen LogP) is 0.748. The van der Waals surface area contributed by atoms with Gasteiger partial charge in [0.1, 0.15) is 5.75 Å². The summed E-state index contributed by atoms with van der Waals surface area (Å²) in [7, 11) is 1.59. The molecule has 1 unspecified atom stereocenters. The molecular weight excluding hydrogens is 300 g/mol. The molecule has 1 aliphatic heterocycles. The summed E-state index contributed by atoms with van der Waals surface area (Å²) in [6.07, 6.45) is 1.55. The zero-order valence-corrected chi connectivity index (χ0v) is 12.9. The summed E-state index contributed by atoms with van der Waals surface area (Å²) in [5.74, 6) is -1.17. The third kappa shape index (κ3) is 4.45. The fourth-order valence-electron chi connectivity index (χ4n) is 2.63. The number of carboxylic acid groups (broad SMARTS) is 1. The van der Waals surface area contributed by atoms with Crippen LogP contribution in [-0.4, -0.2) is 54.5 Å². The monoisotopic (exact) mass is 320 g/mol. The molecule has 0 bridgehead atoms. The van der Waals surface area contributed by atoms with E-state index in [1.54, 1.807) is 30.1 Å². The minimum atomic E-state index is -1.08. The molecule has 2 N–H and O–H groups in total. The van der Waals surface area contributed by atoms with Crippen LogP contribution in [0.2, 0.25) is 0 Å². The molecule has 1 aromatic carbocycles. The number of nitrogens with one attached hydrogen (secondary N) is 1. The Hall–Kier alpha value is -2.57. The molecule has 0 aromatic heterocycles. The second-order valence-electron chi connectivity index (χ2n) is 5.41. The molecule has 2 amide bonds. The van der Waals surface area contributed by atoms with Crippen molar-refractivity contribution >= 4 is 17.8 Å². The molecule has 7 nitrogen and oxygen atoms in total. The molecule has 0 saturated carbocycles. The maximum Gasteiger partial charge on any atom is 0.341 e. The molecule has 1 aromatic rings. The number of piperidine rings is 1. The molecule has 1 aliphatic rings. The standard InChI is InChI=1S/C16H20N2O5/c1-17-15(21)12-5-3-7-18(9-12)16(22)11-4-2-6-13(8-11)23-10-14(19)20/h2,4,6,8,12H,3,5,7,9-10H2,1H3,(H,17,21)(H,19,20). The Morgan fingerprint density at radius 3 is 2.87 bits per heavy atom. The first kappa shape index (κ1) is 16.8. The number of amides is 2. The third-order valence-corrected chi connectivity index (χ3v) is 3.77. The van der Waals surface area contributed by atoms with Gasteiger partial charge in [0.25, 0.3) is 5.91 Å². The number of likely N-dealkylation sites (tertiary alicyclic amines) is 1. The van der Waals surface area contributed by atoms with Gasteiger partial charge >= 0.3 is 5.97 Å². The van der Waals surface area contributed by atoms with Crippen LogP contribution in [-0.2, 0) is 9.59 Å². The van der Waals surface area contributed by atoms with Crippen molar-refractivity contribution in [2.75, 3.05) is 26.7 Å². The molecule has 23 heavy (non-hydrogen) atoms.